The zero-order valence-corrected chi connectivity index (χ0v) is 11.1. The Hall–Kier alpha value is -2.42. The lowest BCUT2D eigenvalue weighted by molar-refractivity contribution is -0.155. The Morgan fingerprint density at radius 2 is 1.85 bits per heavy atom. The van der Waals surface area contributed by atoms with Crippen LogP contribution in [0, 0.1) is 0 Å². The molecule has 0 unspecified atom stereocenters. The van der Waals surface area contributed by atoms with Crippen molar-refractivity contribution in [2.24, 2.45) is 11.5 Å². The van der Waals surface area contributed by atoms with Gasteiger partial charge in [-0.3, -0.25) is 14.4 Å². The van der Waals surface area contributed by atoms with Gasteiger partial charge in [0.2, 0.25) is 5.91 Å². The molecular weight excluding hydrogens is 270 g/mol. The average molecular weight is 287 g/mol. The van der Waals surface area contributed by atoms with Gasteiger partial charge in [-0.25, -0.2) is 4.79 Å². The fourth-order valence-corrected chi connectivity index (χ4v) is 0.884. The van der Waals surface area contributed by atoms with Crippen molar-refractivity contribution in [3.05, 3.63) is 12.2 Å². The van der Waals surface area contributed by atoms with Crippen LogP contribution in [0.4, 0.5) is 0 Å². The Labute approximate surface area is 115 Å². The second kappa shape index (κ2) is 8.64. The molecule has 9 heteroatoms. The number of methoxy groups -OCH3 is 1. The highest BCUT2D eigenvalue weighted by Crippen LogP contribution is 1.93. The van der Waals surface area contributed by atoms with E-state index >= 15 is 0 Å². The topological polar surface area (TPSA) is 151 Å². The van der Waals surface area contributed by atoms with Crippen LogP contribution in [-0.4, -0.2) is 49.6 Å². The van der Waals surface area contributed by atoms with Crippen molar-refractivity contribution in [3.63, 3.8) is 0 Å². The SMILES string of the molecule is COC(=O)/C=C/C(=O)NC[C@H](N)C(=O)O[C@@H](C)C(N)=O. The van der Waals surface area contributed by atoms with Gasteiger partial charge in [0.1, 0.15) is 6.04 Å². The third kappa shape index (κ3) is 7.11. The van der Waals surface area contributed by atoms with E-state index in [1.54, 1.807) is 0 Å². The van der Waals surface area contributed by atoms with Crippen molar-refractivity contribution < 1.29 is 28.7 Å². The minimum Gasteiger partial charge on any atom is -0.466 e. The Morgan fingerprint density at radius 3 is 2.35 bits per heavy atom. The Kier molecular flexibility index (Phi) is 7.60. The van der Waals surface area contributed by atoms with Crippen LogP contribution < -0.4 is 16.8 Å². The summed E-state index contributed by atoms with van der Waals surface area (Å²) in [5.41, 5.74) is 10.3. The minimum absolute atomic E-state index is 0.228. The van der Waals surface area contributed by atoms with E-state index in [2.05, 4.69) is 14.8 Å². The van der Waals surface area contributed by atoms with Gasteiger partial charge in [0.15, 0.2) is 6.10 Å². The van der Waals surface area contributed by atoms with E-state index in [0.29, 0.717) is 0 Å². The first-order valence-corrected chi connectivity index (χ1v) is 5.57. The van der Waals surface area contributed by atoms with E-state index in [4.69, 9.17) is 11.5 Å². The molecule has 112 valence electrons. The molecule has 5 N–H and O–H groups in total. The number of nitrogens with two attached hydrogens (primary N) is 2. The van der Waals surface area contributed by atoms with Crippen molar-refractivity contribution in [2.75, 3.05) is 13.7 Å². The molecule has 0 aromatic rings. The summed E-state index contributed by atoms with van der Waals surface area (Å²) in [6.07, 6.45) is 0.730. The largest absolute Gasteiger partial charge is 0.466 e. The van der Waals surface area contributed by atoms with E-state index in [1.807, 2.05) is 0 Å². The lowest BCUT2D eigenvalue weighted by atomic mass is 10.3. The lowest BCUT2D eigenvalue weighted by Gasteiger charge is -2.14. The van der Waals surface area contributed by atoms with Crippen LogP contribution in [0.5, 0.6) is 0 Å². The van der Waals surface area contributed by atoms with Crippen LogP contribution in [0.25, 0.3) is 0 Å². The molecule has 0 bridgehead atoms. The summed E-state index contributed by atoms with van der Waals surface area (Å²) in [5, 5.41) is 2.27. The normalized spacial score (nSPS) is 13.3. The van der Waals surface area contributed by atoms with Crippen molar-refractivity contribution in [1.82, 2.24) is 5.32 Å². The van der Waals surface area contributed by atoms with Crippen LogP contribution in [0.3, 0.4) is 0 Å². The first-order chi connectivity index (χ1) is 9.27. The summed E-state index contributed by atoms with van der Waals surface area (Å²) in [6, 6.07) is -1.16. The number of hydrogen-bond donors (Lipinski definition) is 3. The van der Waals surface area contributed by atoms with E-state index in [-0.39, 0.29) is 6.54 Å². The molecule has 0 aromatic carbocycles. The molecule has 0 saturated carbocycles. The van der Waals surface area contributed by atoms with Crippen LogP contribution in [0.2, 0.25) is 0 Å². The molecular formula is C11H17N3O6. The Balaban J connectivity index is 4.15. The van der Waals surface area contributed by atoms with Gasteiger partial charge in [-0.2, -0.15) is 0 Å². The maximum Gasteiger partial charge on any atom is 0.330 e. The zero-order chi connectivity index (χ0) is 15.7. The lowest BCUT2D eigenvalue weighted by Crippen LogP contribution is -2.45. The molecule has 0 heterocycles. The number of esters is 2. The highest BCUT2D eigenvalue weighted by Gasteiger charge is 2.20. The fraction of sp³-hybridized carbons (Fsp3) is 0.455. The first kappa shape index (κ1) is 17.6. The molecule has 0 radical (unpaired) electrons. The molecule has 2 atom stereocenters. The molecule has 0 aromatic heterocycles. The fourth-order valence-electron chi connectivity index (χ4n) is 0.884. The van der Waals surface area contributed by atoms with Crippen molar-refractivity contribution in [1.29, 1.82) is 0 Å². The number of ether oxygens (including phenoxy) is 2. The molecule has 0 aliphatic rings. The maximum absolute atomic E-state index is 11.4. The molecule has 0 fully saturated rings. The van der Waals surface area contributed by atoms with E-state index in [0.717, 1.165) is 19.3 Å². The number of amides is 2. The molecule has 0 aliphatic heterocycles. The van der Waals surface area contributed by atoms with Crippen LogP contribution in [-0.2, 0) is 28.7 Å². The summed E-state index contributed by atoms with van der Waals surface area (Å²) in [5.74, 6) is -3.02. The summed E-state index contributed by atoms with van der Waals surface area (Å²) >= 11 is 0. The smallest absolute Gasteiger partial charge is 0.330 e. The quantitative estimate of drug-likeness (QED) is 0.348. The second-order valence-corrected chi connectivity index (χ2v) is 3.69. The first-order valence-electron chi connectivity index (χ1n) is 5.57. The third-order valence-electron chi connectivity index (χ3n) is 2.06. The van der Waals surface area contributed by atoms with Crippen LogP contribution in [0.15, 0.2) is 12.2 Å². The summed E-state index contributed by atoms with van der Waals surface area (Å²) < 4.78 is 8.92. The Morgan fingerprint density at radius 1 is 1.25 bits per heavy atom. The van der Waals surface area contributed by atoms with Gasteiger partial charge >= 0.3 is 11.9 Å². The Bertz CT molecular complexity index is 420. The van der Waals surface area contributed by atoms with Gasteiger partial charge in [-0.1, -0.05) is 0 Å². The average Bonchev–Trinajstić information content (AvgIpc) is 2.41. The highest BCUT2D eigenvalue weighted by atomic mass is 16.5. The van der Waals surface area contributed by atoms with E-state index in [9.17, 15) is 19.2 Å². The highest BCUT2D eigenvalue weighted by molar-refractivity contribution is 5.94. The molecule has 0 rings (SSSR count). The molecule has 20 heavy (non-hydrogen) atoms. The molecule has 0 aliphatic carbocycles. The minimum atomic E-state index is -1.16. The summed E-state index contributed by atoms with van der Waals surface area (Å²) in [7, 11) is 1.16. The van der Waals surface area contributed by atoms with Crippen LogP contribution in [0.1, 0.15) is 6.92 Å². The zero-order valence-electron chi connectivity index (χ0n) is 11.1. The van der Waals surface area contributed by atoms with Crippen molar-refractivity contribution >= 4 is 23.8 Å². The summed E-state index contributed by atoms with van der Waals surface area (Å²) in [6.45, 7) is 1.07. The van der Waals surface area contributed by atoms with Crippen LogP contribution >= 0.6 is 0 Å². The number of primary amides is 1. The summed E-state index contributed by atoms with van der Waals surface area (Å²) in [4.78, 5) is 44.0. The molecule has 0 saturated heterocycles. The maximum atomic E-state index is 11.4. The monoisotopic (exact) mass is 287 g/mol. The molecule has 0 spiro atoms. The molecule has 2 amide bonds. The number of nitrogens with one attached hydrogen (secondary N) is 1. The van der Waals surface area contributed by atoms with Gasteiger partial charge in [0.25, 0.3) is 5.91 Å². The predicted octanol–water partition coefficient (Wildman–Crippen LogP) is -2.42. The van der Waals surface area contributed by atoms with Gasteiger partial charge < -0.3 is 26.3 Å². The standard InChI is InChI=1S/C11H17N3O6/c1-6(10(13)17)20-11(18)7(12)5-14-8(15)3-4-9(16)19-2/h3-4,6-7H,5,12H2,1-2H3,(H2,13,17)(H,14,15)/b4-3+/t6-,7-/m0/s1. The predicted molar refractivity (Wildman–Crippen MR) is 66.9 cm³/mol. The third-order valence-corrected chi connectivity index (χ3v) is 2.06. The number of rotatable bonds is 7. The van der Waals surface area contributed by atoms with Gasteiger partial charge in [0.05, 0.1) is 7.11 Å². The van der Waals surface area contributed by atoms with E-state index in [1.165, 1.54) is 6.92 Å². The van der Waals surface area contributed by atoms with E-state index < -0.39 is 35.9 Å². The number of carbonyl (C=O) groups is 4. The van der Waals surface area contributed by atoms with Gasteiger partial charge in [-0.15, -0.1) is 0 Å². The van der Waals surface area contributed by atoms with Gasteiger partial charge in [-0.05, 0) is 6.92 Å². The number of hydrogen-bond acceptors (Lipinski definition) is 7. The van der Waals surface area contributed by atoms with Crippen molar-refractivity contribution in [3.8, 4) is 0 Å². The van der Waals surface area contributed by atoms with Crippen molar-refractivity contribution in [2.45, 2.75) is 19.1 Å². The molecule has 9 nitrogen and oxygen atoms in total. The second-order valence-electron chi connectivity index (χ2n) is 3.69. The number of carbonyl (C=O) groups excluding carboxylic acids is 4. The van der Waals surface area contributed by atoms with Gasteiger partial charge in [0, 0.05) is 18.7 Å².